The Bertz CT molecular complexity index is 2300. The summed E-state index contributed by atoms with van der Waals surface area (Å²) in [5.41, 5.74) is 6.82. The van der Waals surface area contributed by atoms with Crippen molar-refractivity contribution in [2.75, 3.05) is 39.4 Å². The number of esters is 2. The molecule has 0 bridgehead atoms. The third-order valence-corrected chi connectivity index (χ3v) is 15.1. The summed E-state index contributed by atoms with van der Waals surface area (Å²) in [4.78, 5) is 56.6. The maximum absolute atomic E-state index is 13.6. The molecule has 13 heteroatoms. The average molecular weight is 979 g/mol. The van der Waals surface area contributed by atoms with Crippen molar-refractivity contribution in [1.29, 1.82) is 0 Å². The lowest BCUT2D eigenvalue weighted by Crippen LogP contribution is -2.39. The van der Waals surface area contributed by atoms with Gasteiger partial charge in [0.1, 0.15) is 0 Å². The fourth-order valence-electron chi connectivity index (χ4n) is 8.48. The van der Waals surface area contributed by atoms with E-state index in [4.69, 9.17) is 55.9 Å². The number of carbonyl (C=O) groups excluding carboxylic acids is 4. The van der Waals surface area contributed by atoms with E-state index in [0.717, 1.165) is 33.4 Å². The van der Waals surface area contributed by atoms with Crippen LogP contribution in [0.15, 0.2) is 82.6 Å². The molecule has 2 heterocycles. The summed E-state index contributed by atoms with van der Waals surface area (Å²) in [6, 6.07) is 20.2. The second kappa shape index (κ2) is 23.0. The van der Waals surface area contributed by atoms with Crippen molar-refractivity contribution in [3.8, 4) is 22.3 Å². The van der Waals surface area contributed by atoms with Gasteiger partial charge in [0.25, 0.3) is 0 Å². The third kappa shape index (κ3) is 11.8. The molecule has 0 spiro atoms. The second-order valence-corrected chi connectivity index (χ2v) is 19.5. The molecule has 0 radical (unpaired) electrons. The topological polar surface area (TPSA) is 93.2 Å². The van der Waals surface area contributed by atoms with Crippen LogP contribution in [0.4, 0.5) is 0 Å². The van der Waals surface area contributed by atoms with Crippen molar-refractivity contribution < 1.29 is 28.7 Å². The third-order valence-electron chi connectivity index (χ3n) is 12.0. The van der Waals surface area contributed by atoms with E-state index in [1.54, 1.807) is 35.8 Å². The maximum Gasteiger partial charge on any atom is 0.309 e. The molecule has 2 aliphatic heterocycles. The highest BCUT2D eigenvalue weighted by molar-refractivity contribution is 7.99. The lowest BCUT2D eigenvalue weighted by Gasteiger charge is -2.30. The Balaban J connectivity index is 1.39. The van der Waals surface area contributed by atoms with Crippen LogP contribution in [0.3, 0.4) is 0 Å². The largest absolute Gasteiger partial charge is 0.466 e. The maximum atomic E-state index is 13.6. The van der Waals surface area contributed by atoms with Crippen molar-refractivity contribution in [3.05, 3.63) is 115 Å². The van der Waals surface area contributed by atoms with E-state index in [2.05, 4.69) is 39.8 Å². The fraction of sp³-hybridized carbons (Fsp3) is 0.385. The van der Waals surface area contributed by atoms with Crippen LogP contribution >= 0.6 is 58.2 Å². The fourth-order valence-corrected chi connectivity index (χ4v) is 10.6. The van der Waals surface area contributed by atoms with E-state index in [0.29, 0.717) is 86.0 Å². The van der Waals surface area contributed by atoms with Gasteiger partial charge in [0.2, 0.25) is 11.8 Å². The van der Waals surface area contributed by atoms with E-state index < -0.39 is 0 Å². The summed E-state index contributed by atoms with van der Waals surface area (Å²) in [5, 5.41) is 1.10. The Morgan fingerprint density at radius 3 is 1.28 bits per heavy atom. The van der Waals surface area contributed by atoms with Crippen molar-refractivity contribution in [3.63, 3.8) is 0 Å². The quantitative estimate of drug-likeness (QED) is 0.0918. The van der Waals surface area contributed by atoms with Gasteiger partial charge in [0.05, 0.1) is 45.1 Å². The number of ether oxygens (including phenoxy) is 2. The van der Waals surface area contributed by atoms with Gasteiger partial charge < -0.3 is 19.3 Å². The van der Waals surface area contributed by atoms with Crippen molar-refractivity contribution in [2.24, 2.45) is 11.8 Å². The molecule has 2 fully saturated rings. The monoisotopic (exact) mass is 976 g/mol. The summed E-state index contributed by atoms with van der Waals surface area (Å²) >= 11 is 30.3. The van der Waals surface area contributed by atoms with Crippen molar-refractivity contribution in [2.45, 2.75) is 88.9 Å². The van der Waals surface area contributed by atoms with Gasteiger partial charge in [0.15, 0.2) is 0 Å². The number of hydrogen-bond donors (Lipinski definition) is 0. The Morgan fingerprint density at radius 1 is 0.585 bits per heavy atom. The van der Waals surface area contributed by atoms with Crippen LogP contribution in [-0.4, -0.2) is 72.9 Å². The van der Waals surface area contributed by atoms with Gasteiger partial charge >= 0.3 is 11.9 Å². The first kappa shape index (κ1) is 50.2. The van der Waals surface area contributed by atoms with Gasteiger partial charge in [-0.25, -0.2) is 0 Å². The zero-order valence-electron chi connectivity index (χ0n) is 37.7. The van der Waals surface area contributed by atoms with Crippen molar-refractivity contribution >= 4 is 94.1 Å². The Labute approximate surface area is 407 Å². The molecular formula is C52H56Cl4N2O6S. The van der Waals surface area contributed by atoms with Gasteiger partial charge in [0, 0.05) is 59.2 Å². The molecular weight excluding hydrogens is 922 g/mol. The molecule has 0 saturated carbocycles. The number of piperidine rings is 2. The average Bonchev–Trinajstić information content (AvgIpc) is 3.31. The molecule has 8 nitrogen and oxygen atoms in total. The molecule has 0 aliphatic carbocycles. The van der Waals surface area contributed by atoms with Crippen LogP contribution in [0.1, 0.15) is 101 Å². The summed E-state index contributed by atoms with van der Waals surface area (Å²) in [6.45, 7) is 14.5. The molecule has 4 aromatic carbocycles. The lowest BCUT2D eigenvalue weighted by molar-refractivity contribution is -0.151. The highest BCUT2D eigenvalue weighted by Gasteiger charge is 2.30. The minimum Gasteiger partial charge on any atom is -0.466 e. The molecule has 4 aromatic rings. The minimum absolute atomic E-state index is 0.164. The van der Waals surface area contributed by atoms with E-state index in [1.165, 1.54) is 23.9 Å². The number of nitrogens with zero attached hydrogens (tertiary/aromatic N) is 2. The number of benzene rings is 4. The zero-order chi connectivity index (χ0) is 46.9. The van der Waals surface area contributed by atoms with Crippen LogP contribution in [0, 0.1) is 11.8 Å². The SMILES string of the molecule is CCOC(=O)C1CCN(C(=O)C=Cc2c(-c3ccccc3C(C)C)cc(Sc3cc(-c4ccccc4C(C)C)c(C=CC(=O)N4CCC(C(=O)OCC)CC4)c(Cl)c3Cl)c(Cl)c2Cl)CC1. The number of likely N-dealkylation sites (tertiary alicyclic amines) is 2. The normalized spacial score (nSPS) is 15.1. The first-order valence-electron chi connectivity index (χ1n) is 22.3. The van der Waals surface area contributed by atoms with Gasteiger partial charge in [-0.1, -0.05) is 134 Å². The highest BCUT2D eigenvalue weighted by Crippen LogP contribution is 2.50. The molecule has 2 amide bonds. The molecule has 2 saturated heterocycles. The van der Waals surface area contributed by atoms with E-state index in [1.807, 2.05) is 48.5 Å². The lowest BCUT2D eigenvalue weighted by atomic mass is 9.90. The van der Waals surface area contributed by atoms with E-state index in [-0.39, 0.29) is 67.5 Å². The van der Waals surface area contributed by atoms with E-state index >= 15 is 0 Å². The highest BCUT2D eigenvalue weighted by atomic mass is 35.5. The zero-order valence-corrected chi connectivity index (χ0v) is 41.6. The number of carbonyl (C=O) groups is 4. The van der Waals surface area contributed by atoms with Crippen LogP contribution in [-0.2, 0) is 28.7 Å². The molecule has 0 unspecified atom stereocenters. The predicted octanol–water partition coefficient (Wildman–Crippen LogP) is 13.7. The smallest absolute Gasteiger partial charge is 0.309 e. The summed E-state index contributed by atoms with van der Waals surface area (Å²) in [5.74, 6) is -0.929. The summed E-state index contributed by atoms with van der Waals surface area (Å²) in [7, 11) is 0. The standard InChI is InChI=1S/C52H56Cl4N2O6S/c1-7-63-51(61)33-21-25-57(26-22-33)45(59)19-17-39-41(37-15-11-9-13-35(37)31(3)4)29-43(49(55)47(39)53)65-44-30-42(38-16-12-10-14-36(38)32(5)6)40(48(54)50(44)56)18-20-46(60)58-27-23-34(24-28-58)52(62)64-8-2/h9-20,29-34H,7-8,21-28H2,1-6H3. The molecule has 344 valence electrons. The number of halogens is 4. The summed E-state index contributed by atoms with van der Waals surface area (Å²) in [6.07, 6.45) is 8.65. The Hall–Kier alpha value is -4.25. The van der Waals surface area contributed by atoms with Crippen LogP contribution < -0.4 is 0 Å². The van der Waals surface area contributed by atoms with Crippen LogP contribution in [0.2, 0.25) is 20.1 Å². The molecule has 65 heavy (non-hydrogen) atoms. The number of amides is 2. The first-order chi connectivity index (χ1) is 31.1. The Kier molecular flexibility index (Phi) is 17.7. The number of hydrogen-bond acceptors (Lipinski definition) is 7. The van der Waals surface area contributed by atoms with Crippen LogP contribution in [0.25, 0.3) is 34.4 Å². The minimum atomic E-state index is -0.221. The van der Waals surface area contributed by atoms with Gasteiger partial charge in [-0.05, 0) is 109 Å². The predicted molar refractivity (Wildman–Crippen MR) is 266 cm³/mol. The second-order valence-electron chi connectivity index (χ2n) is 16.9. The van der Waals surface area contributed by atoms with Crippen molar-refractivity contribution in [1.82, 2.24) is 9.80 Å². The molecule has 0 aromatic heterocycles. The van der Waals surface area contributed by atoms with Gasteiger partial charge in [-0.2, -0.15) is 0 Å². The van der Waals surface area contributed by atoms with Gasteiger partial charge in [-0.3, -0.25) is 19.2 Å². The molecule has 6 rings (SSSR count). The summed E-state index contributed by atoms with van der Waals surface area (Å²) < 4.78 is 10.4. The number of rotatable bonds is 14. The first-order valence-corrected chi connectivity index (χ1v) is 24.6. The van der Waals surface area contributed by atoms with Gasteiger partial charge in [-0.15, -0.1) is 0 Å². The van der Waals surface area contributed by atoms with Crippen LogP contribution in [0.5, 0.6) is 0 Å². The van der Waals surface area contributed by atoms with E-state index in [9.17, 15) is 19.2 Å². The molecule has 0 atom stereocenters. The molecule has 2 aliphatic rings. The Morgan fingerprint density at radius 2 is 0.938 bits per heavy atom. The molecule has 0 N–H and O–H groups in total.